The van der Waals surface area contributed by atoms with Gasteiger partial charge in [0.05, 0.1) is 46.9 Å². The summed E-state index contributed by atoms with van der Waals surface area (Å²) >= 11 is 3.50. The Kier molecular flexibility index (Phi) is 12.4. The van der Waals surface area contributed by atoms with Crippen molar-refractivity contribution in [2.45, 2.75) is 132 Å². The van der Waals surface area contributed by atoms with Crippen LogP contribution in [0.3, 0.4) is 0 Å². The van der Waals surface area contributed by atoms with Crippen molar-refractivity contribution in [2.24, 2.45) is 26.8 Å². The minimum absolute atomic E-state index is 0.0170. The fourth-order valence-corrected chi connectivity index (χ4v) is 9.26. The van der Waals surface area contributed by atoms with Crippen molar-refractivity contribution in [3.63, 3.8) is 0 Å². The molecule has 1 fully saturated rings. The number of fused-ring (bicyclic) bond motifs is 5. The molecule has 5 heterocycles. The highest BCUT2D eigenvalue weighted by Crippen LogP contribution is 2.47. The van der Waals surface area contributed by atoms with Crippen molar-refractivity contribution in [1.82, 2.24) is 5.32 Å². The van der Waals surface area contributed by atoms with Crippen LogP contribution in [0, 0.1) is 11.8 Å². The van der Waals surface area contributed by atoms with E-state index in [0.29, 0.717) is 31.6 Å². The number of unbranched alkanes of at least 4 members (excludes halogenated alkanes) is 7. The molecule has 0 aromatic rings. The molecule has 0 radical (unpaired) electrons. The van der Waals surface area contributed by atoms with Crippen LogP contribution in [-0.2, 0) is 9.53 Å². The molecule has 1 aliphatic carbocycles. The second kappa shape index (κ2) is 16.8. The predicted octanol–water partition coefficient (Wildman–Crippen LogP) is 10.3. The Bertz CT molecular complexity index is 1910. The lowest BCUT2D eigenvalue weighted by Gasteiger charge is -2.18. The van der Waals surface area contributed by atoms with Gasteiger partial charge in [-0.05, 0) is 100 Å². The van der Waals surface area contributed by atoms with Gasteiger partial charge in [0, 0.05) is 58.1 Å². The van der Waals surface area contributed by atoms with Gasteiger partial charge in [0.25, 0.3) is 0 Å². The van der Waals surface area contributed by atoms with Crippen LogP contribution in [0.15, 0.2) is 106 Å². The van der Waals surface area contributed by atoms with Gasteiger partial charge in [0.2, 0.25) is 0 Å². The van der Waals surface area contributed by atoms with Crippen LogP contribution in [0.25, 0.3) is 0 Å². The molecule has 3 atom stereocenters. The van der Waals surface area contributed by atoms with E-state index in [-0.39, 0.29) is 17.8 Å². The summed E-state index contributed by atoms with van der Waals surface area (Å²) in [6, 6.07) is 0. The Morgan fingerprint density at radius 3 is 2.28 bits per heavy atom. The highest BCUT2D eigenvalue weighted by atomic mass is 79.9. The number of nitrogens with one attached hydrogen (secondary N) is 1. The highest BCUT2D eigenvalue weighted by Gasteiger charge is 2.42. The largest absolute Gasteiger partial charge is 0.511 e. The van der Waals surface area contributed by atoms with Gasteiger partial charge in [-0.15, -0.1) is 0 Å². The van der Waals surface area contributed by atoms with E-state index >= 15 is 0 Å². The summed E-state index contributed by atoms with van der Waals surface area (Å²) in [7, 11) is 0. The van der Waals surface area contributed by atoms with Crippen LogP contribution in [0.2, 0.25) is 0 Å². The Balaban J connectivity index is 1.31. The summed E-state index contributed by atoms with van der Waals surface area (Å²) in [6.45, 7) is 14.9. The van der Waals surface area contributed by atoms with Crippen molar-refractivity contribution < 1.29 is 19.7 Å². The number of carbonyl (C=O) groups excluding carboxylic acids is 1. The van der Waals surface area contributed by atoms with Crippen LogP contribution in [0.5, 0.6) is 0 Å². The zero-order chi connectivity index (χ0) is 38.0. The minimum atomic E-state index is -0.710. The van der Waals surface area contributed by atoms with Crippen molar-refractivity contribution in [2.75, 3.05) is 11.9 Å². The number of nitrogens with zero attached hydrogens (tertiary/aromatic N) is 3. The molecule has 8 bridgehead atoms. The van der Waals surface area contributed by atoms with Gasteiger partial charge in [-0.1, -0.05) is 68.3 Å². The van der Waals surface area contributed by atoms with Crippen LogP contribution < -0.4 is 5.32 Å². The van der Waals surface area contributed by atoms with E-state index in [1.807, 2.05) is 26.0 Å². The van der Waals surface area contributed by atoms with Gasteiger partial charge in [-0.3, -0.25) is 4.79 Å². The van der Waals surface area contributed by atoms with E-state index in [9.17, 15) is 15.0 Å². The number of hydrogen-bond donors (Lipinski definition) is 3. The van der Waals surface area contributed by atoms with Crippen LogP contribution in [0.1, 0.15) is 126 Å². The van der Waals surface area contributed by atoms with Crippen LogP contribution >= 0.6 is 15.9 Å². The summed E-state index contributed by atoms with van der Waals surface area (Å²) in [5, 5.41) is 27.3. The minimum Gasteiger partial charge on any atom is -0.511 e. The number of ether oxygens (including phenoxy) is 1. The molecule has 1 unspecified atom stereocenters. The van der Waals surface area contributed by atoms with Gasteiger partial charge >= 0.3 is 5.97 Å². The van der Waals surface area contributed by atoms with Crippen molar-refractivity contribution in [1.29, 1.82) is 0 Å². The molecule has 0 saturated carbocycles. The second-order valence-corrected chi connectivity index (χ2v) is 16.2. The topological polar surface area (TPSA) is 116 Å². The summed E-state index contributed by atoms with van der Waals surface area (Å²) in [6.07, 6.45) is 15.0. The average molecular weight is 786 g/mol. The van der Waals surface area contributed by atoms with Gasteiger partial charge in [-0.25, -0.2) is 15.0 Å². The zero-order valence-electron chi connectivity index (χ0n) is 32.7. The molecule has 0 aromatic carbocycles. The third-order valence-corrected chi connectivity index (χ3v) is 12.4. The number of esters is 1. The molecule has 5 aliphatic heterocycles. The van der Waals surface area contributed by atoms with Crippen LogP contribution in [0.4, 0.5) is 0 Å². The molecule has 53 heavy (non-hydrogen) atoms. The molecule has 1 saturated heterocycles. The number of aliphatic hydroxyl groups is 2. The number of halogens is 1. The maximum atomic E-state index is 13.1. The molecule has 3 N–H and O–H groups in total. The summed E-state index contributed by atoms with van der Waals surface area (Å²) in [5.74, 6) is 0.181. The first-order valence-electron chi connectivity index (χ1n) is 19.8. The standard InChI is InChI=1S/C44H57BrN4O4/c1-8-30-24(2)33-23-36-39(29(7)50)27(5)42(48-36)28(6)41-25(3)31(17-18-38(52)53-20-16-14-12-10-9-11-13-15-19-45)43(49-41)32-21-37(51)40-26(4)34(47-44(32)40)22-35(30)46-33/h22-23,25,29,31,49-51H,8-21H2,1-7H3/t25-,29?,31-/m0/s1. The van der Waals surface area contributed by atoms with Crippen LogP contribution in [-0.4, -0.2) is 51.4 Å². The SMILES string of the molecule is CCC1=C(C)C2=NC1=CC1=C(C)C3=C(O)CC(=C4NC(=C(C)C5=NC(=C2)C(C(C)O)=C5C)[C@@H](C)[C@@H]4CCC(=O)OCCCCCCCCCCBr)C3=N1. The van der Waals surface area contributed by atoms with E-state index in [1.165, 1.54) is 38.5 Å². The number of aliphatic hydroxyl groups excluding tert-OH is 2. The smallest absolute Gasteiger partial charge is 0.305 e. The number of rotatable bonds is 15. The Hall–Kier alpha value is -3.56. The van der Waals surface area contributed by atoms with E-state index in [2.05, 4.69) is 48.9 Å². The molecule has 0 spiro atoms. The predicted molar refractivity (Wildman–Crippen MR) is 219 cm³/mol. The van der Waals surface area contributed by atoms with Crippen molar-refractivity contribution in [3.05, 3.63) is 91.0 Å². The highest BCUT2D eigenvalue weighted by molar-refractivity contribution is 9.09. The van der Waals surface area contributed by atoms with Gasteiger partial charge in [-0.2, -0.15) is 0 Å². The van der Waals surface area contributed by atoms with Crippen molar-refractivity contribution >= 4 is 39.0 Å². The molecular formula is C44H57BrN4O4. The summed E-state index contributed by atoms with van der Waals surface area (Å²) in [4.78, 5) is 28.6. The number of alkyl halides is 1. The van der Waals surface area contributed by atoms with Crippen molar-refractivity contribution in [3.8, 4) is 0 Å². The quantitative estimate of drug-likeness (QED) is 0.0869. The number of allylic oxidation sites excluding steroid dienone is 11. The maximum absolute atomic E-state index is 13.1. The zero-order valence-corrected chi connectivity index (χ0v) is 34.3. The first-order chi connectivity index (χ1) is 25.5. The molecule has 0 amide bonds. The lowest BCUT2D eigenvalue weighted by Crippen LogP contribution is -2.16. The first-order valence-corrected chi connectivity index (χ1v) is 20.9. The number of hydrogen-bond acceptors (Lipinski definition) is 8. The average Bonchev–Trinajstić information content (AvgIpc) is 3.89. The Morgan fingerprint density at radius 2 is 1.60 bits per heavy atom. The molecule has 9 heteroatoms. The lowest BCUT2D eigenvalue weighted by atomic mass is 9.85. The first kappa shape index (κ1) is 39.1. The Labute approximate surface area is 324 Å². The fraction of sp³-hybridized carbons (Fsp3) is 0.545. The lowest BCUT2D eigenvalue weighted by molar-refractivity contribution is -0.144. The summed E-state index contributed by atoms with van der Waals surface area (Å²) in [5.41, 5.74) is 14.6. The molecule has 6 rings (SSSR count). The van der Waals surface area contributed by atoms with E-state index < -0.39 is 6.10 Å². The van der Waals surface area contributed by atoms with Gasteiger partial charge in [0.1, 0.15) is 5.76 Å². The molecule has 6 aliphatic rings. The third-order valence-electron chi connectivity index (χ3n) is 11.9. The number of aliphatic imine (C=N–C) groups is 3. The second-order valence-electron chi connectivity index (χ2n) is 15.4. The normalized spacial score (nSPS) is 22.9. The molecule has 284 valence electrons. The van der Waals surface area contributed by atoms with Gasteiger partial charge < -0.3 is 20.3 Å². The monoisotopic (exact) mass is 784 g/mol. The Morgan fingerprint density at radius 1 is 0.906 bits per heavy atom. The third kappa shape index (κ3) is 7.84. The number of carbonyl (C=O) groups is 1. The van der Waals surface area contributed by atoms with Gasteiger partial charge in [0.15, 0.2) is 0 Å². The molecule has 0 aromatic heterocycles. The van der Waals surface area contributed by atoms with E-state index in [0.717, 1.165) is 115 Å². The molecular weight excluding hydrogens is 728 g/mol. The van der Waals surface area contributed by atoms with E-state index in [1.54, 1.807) is 6.92 Å². The fourth-order valence-electron chi connectivity index (χ4n) is 8.87. The summed E-state index contributed by atoms with van der Waals surface area (Å²) < 4.78 is 5.74. The van der Waals surface area contributed by atoms with E-state index in [4.69, 9.17) is 19.7 Å². The maximum Gasteiger partial charge on any atom is 0.305 e. The molecule has 8 nitrogen and oxygen atoms in total.